The Morgan fingerprint density at radius 2 is 1.81 bits per heavy atom. The summed E-state index contributed by atoms with van der Waals surface area (Å²) in [5, 5.41) is 22.4. The number of aliphatic hydroxyl groups excluding tert-OH is 2. The largest absolute Gasteiger partial charge is 0.445 e. The van der Waals surface area contributed by atoms with Gasteiger partial charge in [0.2, 0.25) is 0 Å². The molecule has 0 aliphatic carbocycles. The number of benzene rings is 2. The molecule has 3 N–H and O–H groups in total. The predicted molar refractivity (Wildman–Crippen MR) is 91.8 cm³/mol. The van der Waals surface area contributed by atoms with E-state index in [1.54, 1.807) is 24.3 Å². The van der Waals surface area contributed by atoms with Crippen LogP contribution in [0.2, 0.25) is 0 Å². The lowest BCUT2D eigenvalue weighted by molar-refractivity contribution is -0.138. The van der Waals surface area contributed by atoms with Gasteiger partial charge in [-0.25, -0.2) is 4.79 Å². The number of alkyl halides is 3. The number of alkyl carbamates (subject to hydrolysis) is 1. The molecule has 0 fully saturated rings. The molecule has 2 unspecified atom stereocenters. The summed E-state index contributed by atoms with van der Waals surface area (Å²) in [6, 6.07) is 12.1. The summed E-state index contributed by atoms with van der Waals surface area (Å²) in [4.78, 5) is 11.6. The maximum atomic E-state index is 12.8. The smallest absolute Gasteiger partial charge is 0.416 e. The van der Waals surface area contributed by atoms with Crippen molar-refractivity contribution in [3.05, 3.63) is 70.8 Å². The summed E-state index contributed by atoms with van der Waals surface area (Å²) in [6.07, 6.45) is -8.14. The number of hydrogen-bond donors (Lipinski definition) is 3. The van der Waals surface area contributed by atoms with Crippen LogP contribution < -0.4 is 5.32 Å². The van der Waals surface area contributed by atoms with E-state index in [4.69, 9.17) is 4.74 Å². The van der Waals surface area contributed by atoms with Gasteiger partial charge >= 0.3 is 12.3 Å². The van der Waals surface area contributed by atoms with Gasteiger partial charge in [-0.1, -0.05) is 42.5 Å². The fourth-order valence-corrected chi connectivity index (χ4v) is 2.48. The molecule has 8 heteroatoms. The van der Waals surface area contributed by atoms with Gasteiger partial charge in [0.1, 0.15) is 18.8 Å². The Hall–Kier alpha value is -2.58. The molecule has 0 aromatic heterocycles. The lowest BCUT2D eigenvalue weighted by Gasteiger charge is -2.20. The third kappa shape index (κ3) is 5.97. The quantitative estimate of drug-likeness (QED) is 0.715. The van der Waals surface area contributed by atoms with Crippen LogP contribution in [0.4, 0.5) is 18.0 Å². The van der Waals surface area contributed by atoms with E-state index >= 15 is 0 Å². The number of aryl methyl sites for hydroxylation is 1. The fraction of sp³-hybridized carbons (Fsp3) is 0.316. The van der Waals surface area contributed by atoms with E-state index in [1.807, 2.05) is 6.07 Å². The molecule has 0 radical (unpaired) electrons. The number of ether oxygens (including phenoxy) is 1. The molecule has 0 aliphatic rings. The van der Waals surface area contributed by atoms with E-state index < -0.39 is 30.0 Å². The second kappa shape index (κ2) is 8.88. The van der Waals surface area contributed by atoms with Gasteiger partial charge in [-0.3, -0.25) is 0 Å². The second-order valence-electron chi connectivity index (χ2n) is 6.03. The summed E-state index contributed by atoms with van der Waals surface area (Å²) in [5.74, 6) is 0. The number of nitrogens with one attached hydrogen (secondary N) is 1. The predicted octanol–water partition coefficient (Wildman–Crippen LogP) is 3.33. The molecular formula is C19H20F3NO4. The summed E-state index contributed by atoms with van der Waals surface area (Å²) in [6.45, 7) is 0.989. The molecule has 2 atom stereocenters. The van der Waals surface area contributed by atoms with Crippen LogP contribution in [-0.4, -0.2) is 29.0 Å². The summed E-state index contributed by atoms with van der Waals surface area (Å²) >= 11 is 0. The number of carbonyl (C=O) groups is 1. The van der Waals surface area contributed by atoms with Gasteiger partial charge < -0.3 is 20.3 Å². The number of carbonyl (C=O) groups excluding carboxylic acids is 1. The van der Waals surface area contributed by atoms with Gasteiger partial charge in [0, 0.05) is 6.54 Å². The molecule has 5 nitrogen and oxygen atoms in total. The number of hydrogen-bond acceptors (Lipinski definition) is 4. The van der Waals surface area contributed by atoms with Crippen molar-refractivity contribution in [3.63, 3.8) is 0 Å². The van der Waals surface area contributed by atoms with Gasteiger partial charge in [-0.05, 0) is 29.7 Å². The first-order chi connectivity index (χ1) is 12.7. The van der Waals surface area contributed by atoms with E-state index in [-0.39, 0.29) is 24.3 Å². The summed E-state index contributed by atoms with van der Waals surface area (Å²) in [5.41, 5.74) is 0.0259. The normalized spacial score (nSPS) is 13.7. The number of amides is 1. The number of rotatable bonds is 6. The van der Waals surface area contributed by atoms with Crippen LogP contribution in [0.3, 0.4) is 0 Å². The van der Waals surface area contributed by atoms with Crippen molar-refractivity contribution >= 4 is 6.09 Å². The van der Waals surface area contributed by atoms with Crippen molar-refractivity contribution in [2.75, 3.05) is 6.54 Å². The van der Waals surface area contributed by atoms with Gasteiger partial charge in [0.05, 0.1) is 5.56 Å². The Kier molecular flexibility index (Phi) is 6.81. The molecule has 0 spiro atoms. The first-order valence-electron chi connectivity index (χ1n) is 8.17. The molecule has 2 aromatic carbocycles. The topological polar surface area (TPSA) is 78.8 Å². The summed E-state index contributed by atoms with van der Waals surface area (Å²) in [7, 11) is 0. The Morgan fingerprint density at radius 3 is 2.41 bits per heavy atom. The molecule has 146 valence electrons. The molecule has 0 saturated carbocycles. The average molecular weight is 383 g/mol. The van der Waals surface area contributed by atoms with Crippen LogP contribution in [0.25, 0.3) is 0 Å². The molecule has 27 heavy (non-hydrogen) atoms. The highest BCUT2D eigenvalue weighted by Crippen LogP contribution is 2.33. The van der Waals surface area contributed by atoms with Crippen molar-refractivity contribution in [1.29, 1.82) is 0 Å². The standard InChI is InChI=1S/C19H20F3NO4/c1-12-9-14(7-8-15(12)19(20,21)22)17(25)16(24)10-23-18(26)27-11-13-5-3-2-4-6-13/h2-9,16-17,24-25H,10-11H2,1H3,(H,23,26). The first-order valence-corrected chi connectivity index (χ1v) is 8.17. The molecule has 2 aromatic rings. The first kappa shape index (κ1) is 20.7. The van der Waals surface area contributed by atoms with Gasteiger partial charge in [-0.15, -0.1) is 0 Å². The highest BCUT2D eigenvalue weighted by atomic mass is 19.4. The zero-order valence-electron chi connectivity index (χ0n) is 14.5. The van der Waals surface area contributed by atoms with Crippen LogP contribution in [0.1, 0.15) is 28.4 Å². The van der Waals surface area contributed by atoms with Crippen molar-refractivity contribution in [2.45, 2.75) is 31.9 Å². The third-order valence-electron chi connectivity index (χ3n) is 3.93. The Morgan fingerprint density at radius 1 is 1.15 bits per heavy atom. The Labute approximate surface area is 154 Å². The lowest BCUT2D eigenvalue weighted by atomic mass is 9.98. The SMILES string of the molecule is Cc1cc(C(O)C(O)CNC(=O)OCc2ccccc2)ccc1C(F)(F)F. The summed E-state index contributed by atoms with van der Waals surface area (Å²) < 4.78 is 43.3. The van der Waals surface area contributed by atoms with Crippen LogP contribution in [0.15, 0.2) is 48.5 Å². The number of aliphatic hydroxyl groups is 2. The minimum atomic E-state index is -4.49. The zero-order valence-corrected chi connectivity index (χ0v) is 14.5. The molecular weight excluding hydrogens is 363 g/mol. The highest BCUT2D eigenvalue weighted by Gasteiger charge is 2.32. The minimum Gasteiger partial charge on any atom is -0.445 e. The Balaban J connectivity index is 1.87. The third-order valence-corrected chi connectivity index (χ3v) is 3.93. The maximum Gasteiger partial charge on any atom is 0.416 e. The molecule has 1 amide bonds. The second-order valence-corrected chi connectivity index (χ2v) is 6.03. The van der Waals surface area contributed by atoms with Crippen LogP contribution in [0.5, 0.6) is 0 Å². The minimum absolute atomic E-state index is 0.0451. The Bertz CT molecular complexity index is 765. The van der Waals surface area contributed by atoms with Crippen molar-refractivity contribution in [3.8, 4) is 0 Å². The van der Waals surface area contributed by atoms with E-state index in [2.05, 4.69) is 5.32 Å². The van der Waals surface area contributed by atoms with Gasteiger partial charge in [0.15, 0.2) is 0 Å². The van der Waals surface area contributed by atoms with E-state index in [0.717, 1.165) is 23.8 Å². The van der Waals surface area contributed by atoms with Gasteiger partial charge in [-0.2, -0.15) is 13.2 Å². The van der Waals surface area contributed by atoms with Gasteiger partial charge in [0.25, 0.3) is 0 Å². The van der Waals surface area contributed by atoms with Crippen molar-refractivity contribution < 1.29 is 32.9 Å². The molecule has 2 rings (SSSR count). The molecule has 0 aliphatic heterocycles. The lowest BCUT2D eigenvalue weighted by Crippen LogP contribution is -2.35. The van der Waals surface area contributed by atoms with Crippen LogP contribution in [0, 0.1) is 6.92 Å². The molecule has 0 bridgehead atoms. The van der Waals surface area contributed by atoms with Crippen LogP contribution >= 0.6 is 0 Å². The van der Waals surface area contributed by atoms with E-state index in [0.29, 0.717) is 0 Å². The number of halogens is 3. The maximum absolute atomic E-state index is 12.8. The fourth-order valence-electron chi connectivity index (χ4n) is 2.48. The monoisotopic (exact) mass is 383 g/mol. The van der Waals surface area contributed by atoms with Crippen molar-refractivity contribution in [2.24, 2.45) is 0 Å². The molecule has 0 heterocycles. The van der Waals surface area contributed by atoms with Crippen LogP contribution in [-0.2, 0) is 17.5 Å². The average Bonchev–Trinajstić information content (AvgIpc) is 2.63. The van der Waals surface area contributed by atoms with E-state index in [9.17, 15) is 28.2 Å². The molecule has 0 saturated heterocycles. The van der Waals surface area contributed by atoms with Crippen molar-refractivity contribution in [1.82, 2.24) is 5.32 Å². The zero-order chi connectivity index (χ0) is 20.0. The highest BCUT2D eigenvalue weighted by molar-refractivity contribution is 5.67. The van der Waals surface area contributed by atoms with E-state index in [1.165, 1.54) is 6.92 Å².